The molecule has 0 bridgehead atoms. The van der Waals surface area contributed by atoms with Crippen molar-refractivity contribution in [2.75, 3.05) is 19.4 Å². The summed E-state index contributed by atoms with van der Waals surface area (Å²) in [7, 11) is -2.38. The predicted molar refractivity (Wildman–Crippen MR) is 63.9 cm³/mol. The summed E-state index contributed by atoms with van der Waals surface area (Å²) in [5.74, 6) is -1.44. The van der Waals surface area contributed by atoms with Crippen LogP contribution in [0, 0.1) is 5.92 Å². The highest BCUT2D eigenvalue weighted by Crippen LogP contribution is 2.27. The number of hydrogen-bond acceptors (Lipinski definition) is 5. The van der Waals surface area contributed by atoms with Crippen LogP contribution < -0.4 is 5.14 Å². The lowest BCUT2D eigenvalue weighted by Gasteiger charge is -2.32. The van der Waals surface area contributed by atoms with Gasteiger partial charge in [-0.2, -0.15) is 0 Å². The summed E-state index contributed by atoms with van der Waals surface area (Å²) in [4.78, 5) is 24.8. The number of carbonyl (C=O) groups is 2. The largest absolute Gasteiger partial charge is 0.467 e. The first kappa shape index (κ1) is 14.9. The fourth-order valence-corrected chi connectivity index (χ4v) is 3.00. The van der Waals surface area contributed by atoms with Gasteiger partial charge in [-0.05, 0) is 13.8 Å². The Morgan fingerprint density at radius 1 is 1.56 bits per heavy atom. The Morgan fingerprint density at radius 2 is 2.11 bits per heavy atom. The lowest BCUT2D eigenvalue weighted by molar-refractivity contribution is -0.157. The molecule has 0 saturated carbocycles. The monoisotopic (exact) mass is 278 g/mol. The van der Waals surface area contributed by atoms with Crippen molar-refractivity contribution in [2.45, 2.75) is 25.8 Å². The molecular weight excluding hydrogens is 260 g/mol. The van der Waals surface area contributed by atoms with Crippen LogP contribution in [0.15, 0.2) is 0 Å². The highest BCUT2D eigenvalue weighted by molar-refractivity contribution is 7.89. The van der Waals surface area contributed by atoms with E-state index in [1.54, 1.807) is 13.8 Å². The summed E-state index contributed by atoms with van der Waals surface area (Å²) in [5.41, 5.74) is -1.10. The fourth-order valence-electron chi connectivity index (χ4n) is 2.12. The van der Waals surface area contributed by atoms with Gasteiger partial charge in [0.25, 0.3) is 0 Å². The molecule has 8 heteroatoms. The number of primary sulfonamides is 1. The van der Waals surface area contributed by atoms with Gasteiger partial charge in [0.05, 0.1) is 12.9 Å². The van der Waals surface area contributed by atoms with Gasteiger partial charge in [-0.1, -0.05) is 0 Å². The molecule has 2 N–H and O–H groups in total. The molecule has 1 amide bonds. The smallest absolute Gasteiger partial charge is 0.331 e. The molecule has 1 fully saturated rings. The topological polar surface area (TPSA) is 107 Å². The predicted octanol–water partition coefficient (Wildman–Crippen LogP) is -0.925. The molecule has 0 aromatic carbocycles. The van der Waals surface area contributed by atoms with Crippen LogP contribution in [0.1, 0.15) is 20.3 Å². The van der Waals surface area contributed by atoms with Gasteiger partial charge in [0.15, 0.2) is 0 Å². The maximum atomic E-state index is 11.8. The van der Waals surface area contributed by atoms with Crippen molar-refractivity contribution in [1.82, 2.24) is 4.90 Å². The maximum Gasteiger partial charge on any atom is 0.331 e. The Bertz CT molecular complexity index is 457. The number of carbonyl (C=O) groups excluding carboxylic acids is 2. The first-order valence-corrected chi connectivity index (χ1v) is 7.19. The lowest BCUT2D eigenvalue weighted by Crippen LogP contribution is -2.51. The Balaban J connectivity index is 2.82. The highest BCUT2D eigenvalue weighted by Gasteiger charge is 2.44. The summed E-state index contributed by atoms with van der Waals surface area (Å²) in [6.07, 6.45) is 0.0802. The van der Waals surface area contributed by atoms with Gasteiger partial charge in [-0.25, -0.2) is 18.4 Å². The zero-order valence-electron chi connectivity index (χ0n) is 10.7. The van der Waals surface area contributed by atoms with E-state index in [0.717, 1.165) is 0 Å². The van der Waals surface area contributed by atoms with E-state index in [-0.39, 0.29) is 30.5 Å². The van der Waals surface area contributed by atoms with Gasteiger partial charge in [0, 0.05) is 18.9 Å². The van der Waals surface area contributed by atoms with Gasteiger partial charge >= 0.3 is 5.97 Å². The minimum Gasteiger partial charge on any atom is -0.467 e. The molecule has 0 radical (unpaired) electrons. The number of likely N-dealkylation sites (tertiary alicyclic amines) is 1. The molecule has 0 aliphatic carbocycles. The summed E-state index contributed by atoms with van der Waals surface area (Å²) in [6, 6.07) is 0. The van der Waals surface area contributed by atoms with Crippen LogP contribution in [0.5, 0.6) is 0 Å². The number of methoxy groups -OCH3 is 1. The van der Waals surface area contributed by atoms with Crippen LogP contribution in [0.4, 0.5) is 0 Å². The molecule has 1 aliphatic heterocycles. The number of nitrogens with two attached hydrogens (primary N) is 1. The number of rotatable bonds is 4. The van der Waals surface area contributed by atoms with Crippen LogP contribution in [-0.4, -0.2) is 50.1 Å². The molecule has 0 aromatic rings. The Hall–Kier alpha value is -1.15. The summed E-state index contributed by atoms with van der Waals surface area (Å²) in [6.45, 7) is 3.32. The van der Waals surface area contributed by atoms with E-state index < -0.39 is 21.5 Å². The highest BCUT2D eigenvalue weighted by atomic mass is 32.2. The first-order chi connectivity index (χ1) is 8.08. The third-order valence-corrected chi connectivity index (χ3v) is 3.97. The molecule has 0 aromatic heterocycles. The molecule has 0 spiro atoms. The number of sulfonamides is 1. The third kappa shape index (κ3) is 3.20. The Kier molecular flexibility index (Phi) is 4.02. The van der Waals surface area contributed by atoms with Crippen molar-refractivity contribution in [2.24, 2.45) is 11.1 Å². The molecule has 1 unspecified atom stereocenters. The lowest BCUT2D eigenvalue weighted by atomic mass is 10.0. The first-order valence-electron chi connectivity index (χ1n) is 5.47. The Labute approximate surface area is 106 Å². The molecule has 1 aliphatic rings. The van der Waals surface area contributed by atoms with E-state index in [2.05, 4.69) is 4.74 Å². The average molecular weight is 278 g/mol. The number of hydrogen-bond donors (Lipinski definition) is 1. The molecule has 1 saturated heterocycles. The minimum absolute atomic E-state index is 0.0802. The van der Waals surface area contributed by atoms with E-state index in [4.69, 9.17) is 5.14 Å². The van der Waals surface area contributed by atoms with Gasteiger partial charge in [-0.3, -0.25) is 4.79 Å². The quantitative estimate of drug-likeness (QED) is 0.669. The van der Waals surface area contributed by atoms with Crippen molar-refractivity contribution in [3.63, 3.8) is 0 Å². The SMILES string of the molecule is COC(=O)C(C)(C)N1CC(CS(N)(=O)=O)CC1=O. The molecule has 1 rings (SSSR count). The zero-order valence-corrected chi connectivity index (χ0v) is 11.5. The minimum atomic E-state index is -3.62. The van der Waals surface area contributed by atoms with Crippen LogP contribution in [0.2, 0.25) is 0 Å². The molecule has 1 heterocycles. The second-order valence-electron chi connectivity index (χ2n) is 4.95. The third-order valence-electron chi connectivity index (χ3n) is 3.03. The number of ether oxygens (including phenoxy) is 1. The van der Waals surface area contributed by atoms with Crippen molar-refractivity contribution in [1.29, 1.82) is 0 Å². The van der Waals surface area contributed by atoms with Gasteiger partial charge in [-0.15, -0.1) is 0 Å². The second-order valence-corrected chi connectivity index (χ2v) is 6.61. The van der Waals surface area contributed by atoms with Crippen molar-refractivity contribution in [3.05, 3.63) is 0 Å². The van der Waals surface area contributed by atoms with Crippen molar-refractivity contribution >= 4 is 21.9 Å². The van der Waals surface area contributed by atoms with Crippen LogP contribution in [0.3, 0.4) is 0 Å². The standard InChI is InChI=1S/C10H18N2O5S/c1-10(2,9(14)17-3)12-5-7(4-8(12)13)6-18(11,15)16/h7H,4-6H2,1-3H3,(H2,11,15,16). The average Bonchev–Trinajstić information content (AvgIpc) is 2.55. The van der Waals surface area contributed by atoms with Crippen LogP contribution in [0.25, 0.3) is 0 Å². The summed E-state index contributed by atoms with van der Waals surface area (Å²) in [5, 5.41) is 4.95. The van der Waals surface area contributed by atoms with E-state index in [9.17, 15) is 18.0 Å². The Morgan fingerprint density at radius 3 is 2.56 bits per heavy atom. The normalized spacial score (nSPS) is 21.2. The van der Waals surface area contributed by atoms with E-state index >= 15 is 0 Å². The number of esters is 1. The second kappa shape index (κ2) is 4.85. The molecule has 7 nitrogen and oxygen atoms in total. The summed E-state index contributed by atoms with van der Waals surface area (Å²) >= 11 is 0. The van der Waals surface area contributed by atoms with E-state index in [1.807, 2.05) is 0 Å². The van der Waals surface area contributed by atoms with Crippen molar-refractivity contribution in [3.8, 4) is 0 Å². The maximum absolute atomic E-state index is 11.8. The van der Waals surface area contributed by atoms with Crippen LogP contribution >= 0.6 is 0 Å². The van der Waals surface area contributed by atoms with E-state index in [1.165, 1.54) is 12.0 Å². The summed E-state index contributed by atoms with van der Waals surface area (Å²) < 4.78 is 26.6. The number of amides is 1. The molecule has 1 atom stereocenters. The zero-order chi connectivity index (χ0) is 14.1. The van der Waals surface area contributed by atoms with Crippen molar-refractivity contribution < 1.29 is 22.7 Å². The molecule has 18 heavy (non-hydrogen) atoms. The number of nitrogens with zero attached hydrogens (tertiary/aromatic N) is 1. The van der Waals surface area contributed by atoms with Crippen LogP contribution in [-0.2, 0) is 24.3 Å². The van der Waals surface area contributed by atoms with Gasteiger partial charge < -0.3 is 9.64 Å². The van der Waals surface area contributed by atoms with Gasteiger partial charge in [0.1, 0.15) is 5.54 Å². The molecule has 104 valence electrons. The van der Waals surface area contributed by atoms with E-state index in [0.29, 0.717) is 0 Å². The van der Waals surface area contributed by atoms with Gasteiger partial charge in [0.2, 0.25) is 15.9 Å². The fraction of sp³-hybridized carbons (Fsp3) is 0.800. The molecular formula is C10H18N2O5S.